The molecule has 1 aromatic carbocycles. The third-order valence-corrected chi connectivity index (χ3v) is 5.02. The van der Waals surface area contributed by atoms with Gasteiger partial charge in [0.05, 0.1) is 16.8 Å². The maximum absolute atomic E-state index is 12.8. The van der Waals surface area contributed by atoms with Crippen LogP contribution in [0.25, 0.3) is 11.3 Å². The van der Waals surface area contributed by atoms with E-state index in [-0.39, 0.29) is 24.0 Å². The molecule has 0 spiro atoms. The largest absolute Gasteiger partial charge is 0.295 e. The van der Waals surface area contributed by atoms with E-state index in [9.17, 15) is 19.2 Å². The molecule has 136 valence electrons. The second-order valence-electron chi connectivity index (χ2n) is 6.39. The van der Waals surface area contributed by atoms with Crippen LogP contribution in [0.4, 0.5) is 0 Å². The molecule has 1 fully saturated rings. The molecule has 0 saturated carbocycles. The van der Waals surface area contributed by atoms with Crippen molar-refractivity contribution in [1.82, 2.24) is 15.2 Å². The number of fused-ring (bicyclic) bond motifs is 1. The highest BCUT2D eigenvalue weighted by atomic mass is 35.5. The highest BCUT2D eigenvalue weighted by Crippen LogP contribution is 2.31. The molecule has 4 rings (SSSR count). The summed E-state index contributed by atoms with van der Waals surface area (Å²) in [7, 11) is 0. The average molecular weight is 384 g/mol. The van der Waals surface area contributed by atoms with E-state index < -0.39 is 29.7 Å². The van der Waals surface area contributed by atoms with Crippen LogP contribution in [-0.2, 0) is 15.5 Å². The predicted molar refractivity (Wildman–Crippen MR) is 95.9 cm³/mol. The molecule has 1 unspecified atom stereocenters. The van der Waals surface area contributed by atoms with E-state index in [4.69, 9.17) is 11.6 Å². The molecule has 1 aromatic heterocycles. The molecule has 1 saturated heterocycles. The van der Waals surface area contributed by atoms with E-state index in [1.165, 1.54) is 0 Å². The smallest absolute Gasteiger partial charge is 0.262 e. The second kappa shape index (κ2) is 6.59. The predicted octanol–water partition coefficient (Wildman–Crippen LogP) is 1.89. The van der Waals surface area contributed by atoms with Gasteiger partial charge in [0.2, 0.25) is 11.8 Å². The zero-order valence-corrected chi connectivity index (χ0v) is 14.8. The number of hydrogen-bond donors (Lipinski definition) is 1. The Bertz CT molecular complexity index is 1000. The summed E-state index contributed by atoms with van der Waals surface area (Å²) in [6, 6.07) is 7.50. The number of piperidine rings is 1. The Morgan fingerprint density at radius 1 is 1.07 bits per heavy atom. The number of halogens is 1. The first-order chi connectivity index (χ1) is 13.0. The van der Waals surface area contributed by atoms with Gasteiger partial charge in [-0.15, -0.1) is 11.6 Å². The van der Waals surface area contributed by atoms with E-state index in [2.05, 4.69) is 10.3 Å². The SMILES string of the molecule is O=C1CCC(N2C(=O)c3ccc(-c4cc(CCl)ccn4)cc3C2=O)C(=O)N1. The van der Waals surface area contributed by atoms with Crippen LogP contribution in [0.1, 0.15) is 39.1 Å². The summed E-state index contributed by atoms with van der Waals surface area (Å²) >= 11 is 5.86. The van der Waals surface area contributed by atoms with Gasteiger partial charge in [0.15, 0.2) is 0 Å². The first-order valence-corrected chi connectivity index (χ1v) is 8.90. The average Bonchev–Trinajstić information content (AvgIpc) is 2.92. The summed E-state index contributed by atoms with van der Waals surface area (Å²) in [6.07, 6.45) is 1.84. The summed E-state index contributed by atoms with van der Waals surface area (Å²) in [5, 5.41) is 2.18. The highest BCUT2D eigenvalue weighted by Gasteiger charge is 2.44. The lowest BCUT2D eigenvalue weighted by atomic mass is 10.0. The normalized spacial score (nSPS) is 19.3. The van der Waals surface area contributed by atoms with Gasteiger partial charge in [-0.05, 0) is 36.2 Å². The number of carbonyl (C=O) groups is 4. The number of alkyl halides is 1. The zero-order valence-electron chi connectivity index (χ0n) is 14.1. The maximum atomic E-state index is 12.8. The van der Waals surface area contributed by atoms with Crippen LogP contribution in [0.3, 0.4) is 0 Å². The molecule has 2 aromatic rings. The number of aromatic nitrogens is 1. The van der Waals surface area contributed by atoms with Crippen molar-refractivity contribution in [2.45, 2.75) is 24.8 Å². The second-order valence-corrected chi connectivity index (χ2v) is 6.66. The molecule has 27 heavy (non-hydrogen) atoms. The highest BCUT2D eigenvalue weighted by molar-refractivity contribution is 6.23. The van der Waals surface area contributed by atoms with Gasteiger partial charge in [-0.1, -0.05) is 6.07 Å². The number of nitrogens with zero attached hydrogens (tertiary/aromatic N) is 2. The van der Waals surface area contributed by atoms with Gasteiger partial charge in [0.1, 0.15) is 6.04 Å². The minimum absolute atomic E-state index is 0.0875. The van der Waals surface area contributed by atoms with Crippen molar-refractivity contribution < 1.29 is 19.2 Å². The molecule has 0 aliphatic carbocycles. The number of nitrogens with one attached hydrogen (secondary N) is 1. The minimum atomic E-state index is -0.976. The van der Waals surface area contributed by atoms with E-state index in [1.807, 2.05) is 6.07 Å². The molecule has 1 atom stereocenters. The summed E-state index contributed by atoms with van der Waals surface area (Å²) in [5.74, 6) is -1.77. The number of hydrogen-bond acceptors (Lipinski definition) is 5. The van der Waals surface area contributed by atoms with Gasteiger partial charge >= 0.3 is 0 Å². The fraction of sp³-hybridized carbons (Fsp3) is 0.211. The van der Waals surface area contributed by atoms with Gasteiger partial charge in [-0.25, -0.2) is 0 Å². The molecule has 4 amide bonds. The number of carbonyl (C=O) groups excluding carboxylic acids is 4. The molecule has 8 heteroatoms. The maximum Gasteiger partial charge on any atom is 0.262 e. The fourth-order valence-electron chi connectivity index (χ4n) is 3.35. The molecule has 2 aliphatic rings. The van der Waals surface area contributed by atoms with E-state index in [0.717, 1.165) is 10.5 Å². The van der Waals surface area contributed by atoms with Crippen molar-refractivity contribution in [3.05, 3.63) is 53.2 Å². The molecule has 7 nitrogen and oxygen atoms in total. The van der Waals surface area contributed by atoms with Gasteiger partial charge in [0.25, 0.3) is 11.8 Å². The van der Waals surface area contributed by atoms with Crippen LogP contribution in [-0.4, -0.2) is 39.6 Å². The number of amides is 4. The Morgan fingerprint density at radius 3 is 2.59 bits per heavy atom. The number of rotatable bonds is 3. The van der Waals surface area contributed by atoms with Crippen LogP contribution in [0.15, 0.2) is 36.5 Å². The Labute approximate surface area is 159 Å². The van der Waals surface area contributed by atoms with Crippen molar-refractivity contribution in [3.63, 3.8) is 0 Å². The van der Waals surface area contributed by atoms with Crippen molar-refractivity contribution in [2.24, 2.45) is 0 Å². The molecule has 3 heterocycles. The first kappa shape index (κ1) is 17.4. The lowest BCUT2D eigenvalue weighted by Gasteiger charge is -2.27. The number of pyridine rings is 1. The Kier molecular flexibility index (Phi) is 4.24. The van der Waals surface area contributed by atoms with E-state index in [0.29, 0.717) is 17.1 Å². The number of benzene rings is 1. The summed E-state index contributed by atoms with van der Waals surface area (Å²) in [4.78, 5) is 54.2. The van der Waals surface area contributed by atoms with E-state index >= 15 is 0 Å². The fourth-order valence-corrected chi connectivity index (χ4v) is 3.51. The van der Waals surface area contributed by atoms with Gasteiger partial charge in [0, 0.05) is 24.1 Å². The van der Waals surface area contributed by atoms with Crippen molar-refractivity contribution >= 4 is 35.2 Å². The van der Waals surface area contributed by atoms with Crippen molar-refractivity contribution in [2.75, 3.05) is 0 Å². The monoisotopic (exact) mass is 383 g/mol. The third-order valence-electron chi connectivity index (χ3n) is 4.71. The first-order valence-electron chi connectivity index (χ1n) is 8.36. The molecular weight excluding hydrogens is 370 g/mol. The van der Waals surface area contributed by atoms with Crippen LogP contribution >= 0.6 is 11.6 Å². The topological polar surface area (TPSA) is 96.4 Å². The van der Waals surface area contributed by atoms with Crippen LogP contribution in [0, 0.1) is 0 Å². The molecule has 1 N–H and O–H groups in total. The van der Waals surface area contributed by atoms with Crippen LogP contribution in [0.5, 0.6) is 0 Å². The summed E-state index contributed by atoms with van der Waals surface area (Å²) in [6.45, 7) is 0. The van der Waals surface area contributed by atoms with Gasteiger partial charge in [-0.3, -0.25) is 34.4 Å². The minimum Gasteiger partial charge on any atom is -0.295 e. The zero-order chi connectivity index (χ0) is 19.1. The molecule has 0 radical (unpaired) electrons. The summed E-state index contributed by atoms with van der Waals surface area (Å²) < 4.78 is 0. The quantitative estimate of drug-likeness (QED) is 0.645. The van der Waals surface area contributed by atoms with Crippen molar-refractivity contribution in [1.29, 1.82) is 0 Å². The van der Waals surface area contributed by atoms with Gasteiger partial charge in [-0.2, -0.15) is 0 Å². The number of imide groups is 2. The van der Waals surface area contributed by atoms with E-state index in [1.54, 1.807) is 30.5 Å². The molecular formula is C19H14ClN3O4. The lowest BCUT2D eigenvalue weighted by Crippen LogP contribution is -2.54. The molecule has 2 aliphatic heterocycles. The Hall–Kier alpha value is -3.06. The molecule has 0 bridgehead atoms. The standard InChI is InChI=1S/C19H14ClN3O4/c20-9-10-5-6-21-14(7-10)11-1-2-12-13(8-11)19(27)23(18(12)26)15-3-4-16(24)22-17(15)25/h1-2,5-8,15H,3-4,9H2,(H,22,24,25). The van der Waals surface area contributed by atoms with Crippen LogP contribution in [0.2, 0.25) is 0 Å². The van der Waals surface area contributed by atoms with Gasteiger partial charge < -0.3 is 0 Å². The third kappa shape index (κ3) is 2.90. The van der Waals surface area contributed by atoms with Crippen LogP contribution < -0.4 is 5.32 Å². The lowest BCUT2D eigenvalue weighted by molar-refractivity contribution is -0.136. The Morgan fingerprint density at radius 2 is 1.85 bits per heavy atom. The van der Waals surface area contributed by atoms with Crippen molar-refractivity contribution in [3.8, 4) is 11.3 Å². The summed E-state index contributed by atoms with van der Waals surface area (Å²) in [5.41, 5.74) is 2.65. The Balaban J connectivity index is 1.69.